The van der Waals surface area contributed by atoms with Crippen molar-refractivity contribution in [2.45, 2.75) is 96.5 Å². The molecule has 2 heterocycles. The maximum absolute atomic E-state index is 12.7. The lowest BCUT2D eigenvalue weighted by Gasteiger charge is -2.32. The summed E-state index contributed by atoms with van der Waals surface area (Å²) in [7, 11) is 0.917. The number of hydrogen-bond donors (Lipinski definition) is 0. The third kappa shape index (κ3) is 5.84. The number of esters is 1. The van der Waals surface area contributed by atoms with Crippen LogP contribution < -0.4 is 0 Å². The van der Waals surface area contributed by atoms with Gasteiger partial charge in [0.25, 0.3) is 0 Å². The van der Waals surface area contributed by atoms with Crippen molar-refractivity contribution in [2.24, 2.45) is 11.0 Å². The van der Waals surface area contributed by atoms with Crippen LogP contribution in [0.4, 0.5) is 4.79 Å². The second-order valence-corrected chi connectivity index (χ2v) is 10.2. The van der Waals surface area contributed by atoms with E-state index in [-0.39, 0.29) is 13.7 Å². The maximum Gasteiger partial charge on any atom is 0.457 e. The predicted octanol–water partition coefficient (Wildman–Crippen LogP) is 3.95. The Morgan fingerprint density at radius 3 is 2.29 bits per heavy atom. The number of hydrogen-bond acceptors (Lipinski definition) is 7. The molecule has 0 saturated carbocycles. The lowest BCUT2D eigenvalue weighted by Crippen LogP contribution is -2.46. The van der Waals surface area contributed by atoms with E-state index in [2.05, 4.69) is 10.0 Å². The molecule has 31 heavy (non-hydrogen) atoms. The largest absolute Gasteiger partial charge is 0.467 e. The molecule has 11 heteroatoms. The van der Waals surface area contributed by atoms with Gasteiger partial charge in [0.05, 0.1) is 24.4 Å². The first-order valence-corrected chi connectivity index (χ1v) is 10.7. The van der Waals surface area contributed by atoms with E-state index in [1.54, 1.807) is 20.8 Å². The number of ether oxygens (including phenoxy) is 2. The van der Waals surface area contributed by atoms with E-state index in [1.165, 1.54) is 12.0 Å². The topological polar surface area (TPSA) is 123 Å². The van der Waals surface area contributed by atoms with Crippen LogP contribution in [0.25, 0.3) is 10.4 Å². The van der Waals surface area contributed by atoms with Gasteiger partial charge in [0, 0.05) is 17.4 Å². The number of likely N-dealkylation sites (tertiary alicyclic amines) is 1. The van der Waals surface area contributed by atoms with Crippen molar-refractivity contribution in [1.82, 2.24) is 4.90 Å². The maximum atomic E-state index is 12.7. The van der Waals surface area contributed by atoms with Crippen LogP contribution in [0.3, 0.4) is 0 Å². The van der Waals surface area contributed by atoms with Crippen molar-refractivity contribution in [3.8, 4) is 0 Å². The van der Waals surface area contributed by atoms with Crippen LogP contribution in [0.2, 0.25) is 6.32 Å². The summed E-state index contributed by atoms with van der Waals surface area (Å²) in [6.07, 6.45) is 1.18. The molecular weight excluding hydrogens is 403 g/mol. The van der Waals surface area contributed by atoms with Gasteiger partial charge in [-0.05, 0) is 66.7 Å². The van der Waals surface area contributed by atoms with Crippen molar-refractivity contribution in [3.05, 3.63) is 10.4 Å². The number of carbonyl (C=O) groups is 2. The third-order valence-electron chi connectivity index (χ3n) is 6.17. The normalized spacial score (nSPS) is 27.0. The van der Waals surface area contributed by atoms with Gasteiger partial charge in [-0.25, -0.2) is 9.59 Å². The Morgan fingerprint density at radius 1 is 1.23 bits per heavy atom. The molecule has 0 bridgehead atoms. The van der Waals surface area contributed by atoms with Gasteiger partial charge in [-0.3, -0.25) is 4.90 Å². The zero-order valence-electron chi connectivity index (χ0n) is 19.9. The van der Waals surface area contributed by atoms with Crippen LogP contribution in [-0.4, -0.2) is 66.6 Å². The number of azide groups is 1. The summed E-state index contributed by atoms with van der Waals surface area (Å²) in [6.45, 7) is 13.3. The second-order valence-electron chi connectivity index (χ2n) is 10.2. The van der Waals surface area contributed by atoms with Crippen molar-refractivity contribution < 1.29 is 28.4 Å². The monoisotopic (exact) mass is 438 g/mol. The lowest BCUT2D eigenvalue weighted by atomic mass is 9.79. The van der Waals surface area contributed by atoms with Crippen LogP contribution in [0.1, 0.15) is 61.3 Å². The van der Waals surface area contributed by atoms with Gasteiger partial charge in [0.2, 0.25) is 0 Å². The van der Waals surface area contributed by atoms with Gasteiger partial charge in [-0.1, -0.05) is 11.5 Å². The lowest BCUT2D eigenvalue weighted by molar-refractivity contribution is -0.147. The fourth-order valence-electron chi connectivity index (χ4n) is 3.97. The highest BCUT2D eigenvalue weighted by Gasteiger charge is 2.52. The summed E-state index contributed by atoms with van der Waals surface area (Å²) in [6, 6.07) is -1.44. The Bertz CT molecular complexity index is 716. The van der Waals surface area contributed by atoms with Crippen LogP contribution in [0.5, 0.6) is 0 Å². The average molecular weight is 438 g/mol. The minimum atomic E-state index is -0.881. The summed E-state index contributed by atoms with van der Waals surface area (Å²) in [4.78, 5) is 29.6. The van der Waals surface area contributed by atoms with Crippen LogP contribution in [0, 0.1) is 5.92 Å². The van der Waals surface area contributed by atoms with Gasteiger partial charge in [0.15, 0.2) is 0 Å². The standard InChI is InChI=1S/C20H35BN4O6/c1-18(2,3)29-17(27)25-12-14(23-24-22)13(15(25)16(26)28-8)10-9-11-21-30-19(4,5)20(6,7)31-21/h13-15H,9-12H2,1-8H3/t13-,14+,15+/m1/s1. The SMILES string of the molecule is COC(=O)[C@@H]1[C@H](CCCB2OC(C)(C)C(C)(C)O2)[C@@H](N=[N+]=[N-])CN1C(=O)OC(C)(C)C. The van der Waals surface area contributed by atoms with Crippen LogP contribution >= 0.6 is 0 Å². The molecule has 1 amide bonds. The molecule has 174 valence electrons. The van der Waals surface area contributed by atoms with E-state index in [9.17, 15) is 9.59 Å². The van der Waals surface area contributed by atoms with Gasteiger partial charge >= 0.3 is 19.2 Å². The summed E-state index contributed by atoms with van der Waals surface area (Å²) >= 11 is 0. The first-order valence-electron chi connectivity index (χ1n) is 10.7. The molecule has 10 nitrogen and oxygen atoms in total. The first-order chi connectivity index (χ1) is 14.2. The summed E-state index contributed by atoms with van der Waals surface area (Å²) in [5.74, 6) is -0.944. The van der Waals surface area contributed by atoms with Gasteiger partial charge in [-0.2, -0.15) is 0 Å². The number of rotatable bonds is 6. The molecule has 0 aromatic carbocycles. The van der Waals surface area contributed by atoms with E-state index in [0.29, 0.717) is 19.2 Å². The molecule has 0 unspecified atom stereocenters. The predicted molar refractivity (Wildman–Crippen MR) is 115 cm³/mol. The van der Waals surface area contributed by atoms with Crippen LogP contribution in [-0.2, 0) is 23.6 Å². The molecule has 2 aliphatic heterocycles. The number of nitrogens with zero attached hydrogens (tertiary/aromatic N) is 4. The molecule has 0 spiro atoms. The molecule has 0 aromatic rings. The van der Waals surface area contributed by atoms with E-state index in [4.69, 9.17) is 24.3 Å². The summed E-state index contributed by atoms with van der Waals surface area (Å²) in [5, 5.41) is 3.86. The molecule has 2 fully saturated rings. The molecule has 2 aliphatic rings. The third-order valence-corrected chi connectivity index (χ3v) is 6.17. The molecule has 0 aliphatic carbocycles. The molecule has 0 aromatic heterocycles. The molecule has 2 saturated heterocycles. The number of amides is 1. The van der Waals surface area contributed by atoms with Crippen molar-refractivity contribution >= 4 is 19.2 Å². The fourth-order valence-corrected chi connectivity index (χ4v) is 3.97. The molecule has 0 N–H and O–H groups in total. The van der Waals surface area contributed by atoms with Gasteiger partial charge < -0.3 is 18.8 Å². The van der Waals surface area contributed by atoms with E-state index < -0.39 is 46.9 Å². The molecule has 2 rings (SSSR count). The van der Waals surface area contributed by atoms with Gasteiger partial charge in [0.1, 0.15) is 11.6 Å². The Labute approximate surface area is 184 Å². The van der Waals surface area contributed by atoms with Crippen molar-refractivity contribution in [2.75, 3.05) is 13.7 Å². The molecular formula is C20H35BN4O6. The van der Waals surface area contributed by atoms with Crippen molar-refractivity contribution in [1.29, 1.82) is 0 Å². The smallest absolute Gasteiger partial charge is 0.457 e. The second kappa shape index (κ2) is 9.26. The number of methoxy groups -OCH3 is 1. The van der Waals surface area contributed by atoms with E-state index >= 15 is 0 Å². The van der Waals surface area contributed by atoms with Crippen molar-refractivity contribution in [3.63, 3.8) is 0 Å². The average Bonchev–Trinajstić information content (AvgIpc) is 3.07. The zero-order chi connectivity index (χ0) is 23.6. The minimum absolute atomic E-state index is 0.0971. The zero-order valence-corrected chi connectivity index (χ0v) is 19.9. The Balaban J connectivity index is 2.13. The number of carbonyl (C=O) groups excluding carboxylic acids is 2. The van der Waals surface area contributed by atoms with Crippen LogP contribution in [0.15, 0.2) is 5.11 Å². The quantitative estimate of drug-likeness (QED) is 0.203. The van der Waals surface area contributed by atoms with E-state index in [0.717, 1.165) is 0 Å². The Morgan fingerprint density at radius 2 is 1.81 bits per heavy atom. The molecule has 3 atom stereocenters. The highest BCUT2D eigenvalue weighted by molar-refractivity contribution is 6.45. The first kappa shape index (κ1) is 25.3. The Kier molecular flexibility index (Phi) is 7.56. The Hall–Kier alpha value is -1.97. The molecule has 0 radical (unpaired) electrons. The van der Waals surface area contributed by atoms with Gasteiger partial charge in [-0.15, -0.1) is 0 Å². The highest BCUT2D eigenvalue weighted by Crippen LogP contribution is 2.39. The summed E-state index contributed by atoms with van der Waals surface area (Å²) in [5.41, 5.74) is 7.47. The highest BCUT2D eigenvalue weighted by atomic mass is 16.7. The fraction of sp³-hybridized carbons (Fsp3) is 0.900. The van der Waals surface area contributed by atoms with E-state index in [1.807, 2.05) is 27.7 Å². The summed E-state index contributed by atoms with van der Waals surface area (Å²) < 4.78 is 22.5. The minimum Gasteiger partial charge on any atom is -0.467 e.